The zero-order valence-electron chi connectivity index (χ0n) is 9.78. The predicted octanol–water partition coefficient (Wildman–Crippen LogP) is 2.58. The van der Waals surface area contributed by atoms with Crippen molar-refractivity contribution in [3.8, 4) is 0 Å². The van der Waals surface area contributed by atoms with E-state index in [4.69, 9.17) is 17.3 Å². The van der Waals surface area contributed by atoms with Crippen molar-refractivity contribution in [3.05, 3.63) is 62.8 Å². The summed E-state index contributed by atoms with van der Waals surface area (Å²) in [5.41, 5.74) is 7.07. The van der Waals surface area contributed by atoms with Crippen LogP contribution in [0.5, 0.6) is 0 Å². The first-order chi connectivity index (χ1) is 8.47. The zero-order chi connectivity index (χ0) is 13.3. The fourth-order valence-corrected chi connectivity index (χ4v) is 1.85. The molecular formula is C13H12ClFN2O. The van der Waals surface area contributed by atoms with E-state index >= 15 is 0 Å². The molecular weight excluding hydrogens is 255 g/mol. The fraction of sp³-hybridized carbons (Fsp3) is 0.154. The lowest BCUT2D eigenvalue weighted by Crippen LogP contribution is -2.21. The van der Waals surface area contributed by atoms with Crippen LogP contribution in [0.1, 0.15) is 11.1 Å². The topological polar surface area (TPSA) is 48.0 Å². The number of rotatable bonds is 2. The molecule has 1 heterocycles. The van der Waals surface area contributed by atoms with Crippen molar-refractivity contribution in [2.24, 2.45) is 0 Å². The van der Waals surface area contributed by atoms with Crippen molar-refractivity contribution < 1.29 is 4.39 Å². The van der Waals surface area contributed by atoms with E-state index in [2.05, 4.69) is 0 Å². The molecule has 2 aromatic rings. The number of nitrogens with two attached hydrogens (primary N) is 1. The molecule has 0 aliphatic carbocycles. The Kier molecular flexibility index (Phi) is 3.39. The number of nitrogens with zero attached hydrogens (tertiary/aromatic N) is 1. The van der Waals surface area contributed by atoms with Crippen molar-refractivity contribution in [3.63, 3.8) is 0 Å². The molecule has 0 atom stereocenters. The summed E-state index contributed by atoms with van der Waals surface area (Å²) >= 11 is 5.80. The van der Waals surface area contributed by atoms with E-state index in [-0.39, 0.29) is 12.1 Å². The SMILES string of the molecule is Cc1cc(=O)n(Cc2cc(Cl)ccc2F)cc1N. The smallest absolute Gasteiger partial charge is 0.251 e. The molecule has 94 valence electrons. The second kappa shape index (κ2) is 4.82. The van der Waals surface area contributed by atoms with Crippen molar-refractivity contribution in [2.75, 3.05) is 5.73 Å². The lowest BCUT2D eigenvalue weighted by atomic mass is 10.2. The Morgan fingerprint density at radius 2 is 2.11 bits per heavy atom. The third kappa shape index (κ3) is 2.54. The summed E-state index contributed by atoms with van der Waals surface area (Å²) in [4.78, 5) is 11.7. The van der Waals surface area contributed by atoms with Crippen molar-refractivity contribution in [1.82, 2.24) is 4.57 Å². The first-order valence-corrected chi connectivity index (χ1v) is 5.75. The van der Waals surface area contributed by atoms with Gasteiger partial charge in [0.05, 0.1) is 12.2 Å². The average Bonchev–Trinajstić information content (AvgIpc) is 2.30. The van der Waals surface area contributed by atoms with Crippen LogP contribution >= 0.6 is 11.6 Å². The number of benzene rings is 1. The van der Waals surface area contributed by atoms with E-state index in [0.29, 0.717) is 21.8 Å². The third-order valence-corrected chi connectivity index (χ3v) is 2.96. The molecule has 0 unspecified atom stereocenters. The lowest BCUT2D eigenvalue weighted by Gasteiger charge is -2.09. The molecule has 18 heavy (non-hydrogen) atoms. The van der Waals surface area contributed by atoms with Gasteiger partial charge in [-0.2, -0.15) is 0 Å². The van der Waals surface area contributed by atoms with Crippen LogP contribution in [-0.2, 0) is 6.54 Å². The molecule has 0 amide bonds. The minimum Gasteiger partial charge on any atom is -0.397 e. The van der Waals surface area contributed by atoms with Gasteiger partial charge in [-0.15, -0.1) is 0 Å². The van der Waals surface area contributed by atoms with Gasteiger partial charge in [-0.3, -0.25) is 4.79 Å². The summed E-state index contributed by atoms with van der Waals surface area (Å²) in [7, 11) is 0. The summed E-state index contributed by atoms with van der Waals surface area (Å²) in [6.45, 7) is 1.86. The average molecular weight is 267 g/mol. The number of anilines is 1. The van der Waals surface area contributed by atoms with E-state index < -0.39 is 5.82 Å². The van der Waals surface area contributed by atoms with Gasteiger partial charge < -0.3 is 10.3 Å². The molecule has 3 nitrogen and oxygen atoms in total. The molecule has 2 N–H and O–H groups in total. The van der Waals surface area contributed by atoms with Crippen LogP contribution in [0.25, 0.3) is 0 Å². The Morgan fingerprint density at radius 1 is 1.39 bits per heavy atom. The van der Waals surface area contributed by atoms with Gasteiger partial charge in [0.15, 0.2) is 0 Å². The number of hydrogen-bond donors (Lipinski definition) is 1. The standard InChI is InChI=1S/C13H12ClFN2O/c1-8-4-13(18)17(7-12(8)16)6-9-5-10(14)2-3-11(9)15/h2-5,7H,6,16H2,1H3. The van der Waals surface area contributed by atoms with E-state index in [1.807, 2.05) is 0 Å². The molecule has 0 aliphatic rings. The van der Waals surface area contributed by atoms with Gasteiger partial charge in [0.2, 0.25) is 0 Å². The molecule has 2 rings (SSSR count). The first kappa shape index (κ1) is 12.6. The molecule has 0 radical (unpaired) electrons. The van der Waals surface area contributed by atoms with E-state index in [1.54, 1.807) is 6.92 Å². The predicted molar refractivity (Wildman–Crippen MR) is 70.4 cm³/mol. The minimum atomic E-state index is -0.398. The zero-order valence-corrected chi connectivity index (χ0v) is 10.5. The van der Waals surface area contributed by atoms with Gasteiger partial charge in [-0.05, 0) is 30.7 Å². The van der Waals surface area contributed by atoms with Crippen LogP contribution in [0.2, 0.25) is 5.02 Å². The molecule has 0 aliphatic heterocycles. The number of halogens is 2. The van der Waals surface area contributed by atoms with Gasteiger partial charge >= 0.3 is 0 Å². The summed E-state index contributed by atoms with van der Waals surface area (Å²) in [6.07, 6.45) is 1.51. The minimum absolute atomic E-state index is 0.107. The maximum Gasteiger partial charge on any atom is 0.251 e. The lowest BCUT2D eigenvalue weighted by molar-refractivity contribution is 0.596. The molecule has 0 bridgehead atoms. The first-order valence-electron chi connectivity index (χ1n) is 5.38. The number of aromatic nitrogens is 1. The van der Waals surface area contributed by atoms with Crippen molar-refractivity contribution in [1.29, 1.82) is 0 Å². The van der Waals surface area contributed by atoms with Crippen LogP contribution in [0, 0.1) is 12.7 Å². The number of hydrogen-bond acceptors (Lipinski definition) is 2. The number of aryl methyl sites for hydroxylation is 1. The molecule has 0 saturated carbocycles. The Morgan fingerprint density at radius 3 is 2.83 bits per heavy atom. The summed E-state index contributed by atoms with van der Waals surface area (Å²) in [5, 5.41) is 0.430. The molecule has 1 aromatic heterocycles. The second-order valence-electron chi connectivity index (χ2n) is 4.11. The summed E-state index contributed by atoms with van der Waals surface area (Å²) in [6, 6.07) is 5.67. The van der Waals surface area contributed by atoms with Crippen LogP contribution in [0.4, 0.5) is 10.1 Å². The normalized spacial score (nSPS) is 10.6. The Labute approximate surface area is 109 Å². The highest BCUT2D eigenvalue weighted by Gasteiger charge is 2.06. The van der Waals surface area contributed by atoms with Gasteiger partial charge in [0.25, 0.3) is 5.56 Å². The summed E-state index contributed by atoms with van der Waals surface area (Å²) in [5.74, 6) is -0.398. The van der Waals surface area contributed by atoms with Crippen LogP contribution in [0.15, 0.2) is 35.3 Å². The largest absolute Gasteiger partial charge is 0.397 e. The van der Waals surface area contributed by atoms with Crippen LogP contribution in [-0.4, -0.2) is 4.57 Å². The van der Waals surface area contributed by atoms with Gasteiger partial charge in [-0.25, -0.2) is 4.39 Å². The monoisotopic (exact) mass is 266 g/mol. The fourth-order valence-electron chi connectivity index (χ4n) is 1.66. The van der Waals surface area contributed by atoms with Crippen LogP contribution in [0.3, 0.4) is 0 Å². The van der Waals surface area contributed by atoms with Gasteiger partial charge in [0.1, 0.15) is 5.82 Å². The highest BCUT2D eigenvalue weighted by Crippen LogP contribution is 2.16. The Hall–Kier alpha value is -1.81. The van der Waals surface area contributed by atoms with Crippen LogP contribution < -0.4 is 11.3 Å². The van der Waals surface area contributed by atoms with Gasteiger partial charge in [-0.1, -0.05) is 11.6 Å². The van der Waals surface area contributed by atoms with Crippen molar-refractivity contribution >= 4 is 17.3 Å². The molecule has 0 spiro atoms. The molecule has 1 aromatic carbocycles. The van der Waals surface area contributed by atoms with E-state index in [1.165, 1.54) is 35.0 Å². The molecule has 0 fully saturated rings. The third-order valence-electron chi connectivity index (χ3n) is 2.72. The summed E-state index contributed by atoms with van der Waals surface area (Å²) < 4.78 is 14.9. The molecule has 5 heteroatoms. The van der Waals surface area contributed by atoms with E-state index in [0.717, 1.165) is 0 Å². The highest BCUT2D eigenvalue weighted by molar-refractivity contribution is 6.30. The Balaban J connectivity index is 2.43. The maximum absolute atomic E-state index is 13.6. The second-order valence-corrected chi connectivity index (χ2v) is 4.55. The quantitative estimate of drug-likeness (QED) is 0.908. The van der Waals surface area contributed by atoms with E-state index in [9.17, 15) is 9.18 Å². The number of nitrogen functional groups attached to an aromatic ring is 1. The Bertz CT molecular complexity index is 652. The molecule has 0 saturated heterocycles. The van der Waals surface area contributed by atoms with Gasteiger partial charge in [0, 0.05) is 22.8 Å². The number of pyridine rings is 1. The highest BCUT2D eigenvalue weighted by atomic mass is 35.5. The maximum atomic E-state index is 13.6. The van der Waals surface area contributed by atoms with Crippen molar-refractivity contribution in [2.45, 2.75) is 13.5 Å².